The fraction of sp³-hybridized carbons (Fsp3) is 0. The Bertz CT molecular complexity index is 1280. The summed E-state index contributed by atoms with van der Waals surface area (Å²) in [5.74, 6) is 0. The zero-order valence-electron chi connectivity index (χ0n) is 16.2. The molecule has 0 atom stereocenters. The Hall–Kier alpha value is -2.13. The van der Waals surface area contributed by atoms with Crippen LogP contribution in [0.5, 0.6) is 0 Å². The molecule has 0 radical (unpaired) electrons. The molecule has 146 valence electrons. The smallest absolute Gasteiger partial charge is 1.00 e. The van der Waals surface area contributed by atoms with E-state index >= 15 is 0 Å². The van der Waals surface area contributed by atoms with E-state index in [0.29, 0.717) is 0 Å². The molecule has 0 saturated carbocycles. The second kappa shape index (κ2) is 10.8. The van der Waals surface area contributed by atoms with Gasteiger partial charge in [-0.1, -0.05) is 30.3 Å². The molecule has 30 heavy (non-hydrogen) atoms. The quantitative estimate of drug-likeness (QED) is 0.198. The summed E-state index contributed by atoms with van der Waals surface area (Å²) in [7, 11) is 0. The summed E-state index contributed by atoms with van der Waals surface area (Å²) < 4.78 is 2.25. The average molecular weight is 595 g/mol. The van der Waals surface area contributed by atoms with Crippen molar-refractivity contribution in [3.05, 3.63) is 115 Å². The molecule has 6 rings (SSSR count). The van der Waals surface area contributed by atoms with Crippen molar-refractivity contribution in [1.82, 2.24) is 4.57 Å². The van der Waals surface area contributed by atoms with E-state index in [1.165, 1.54) is 38.1 Å². The van der Waals surface area contributed by atoms with Crippen LogP contribution in [0.1, 0.15) is 0 Å². The second-order valence-corrected chi connectivity index (χ2v) is 6.74. The number of aromatic nitrogens is 1. The van der Waals surface area contributed by atoms with Gasteiger partial charge in [-0.05, 0) is 23.2 Å². The van der Waals surface area contributed by atoms with Gasteiger partial charge in [0.15, 0.2) is 0 Å². The third-order valence-corrected chi connectivity index (χ3v) is 5.03. The fourth-order valence-electron chi connectivity index (χ4n) is 3.65. The topological polar surface area (TPSA) is 4.93 Å². The predicted octanol–water partition coefficient (Wildman–Crippen LogP) is 1.07. The van der Waals surface area contributed by atoms with Crippen LogP contribution in [-0.2, 0) is 25.8 Å². The van der Waals surface area contributed by atoms with Gasteiger partial charge in [0.1, 0.15) is 0 Å². The predicted molar refractivity (Wildman–Crippen MR) is 116 cm³/mol. The van der Waals surface area contributed by atoms with Crippen LogP contribution in [-0.4, -0.2) is 4.57 Å². The van der Waals surface area contributed by atoms with Gasteiger partial charge in [-0.3, -0.25) is 0 Å². The number of fused-ring (bicyclic) bond motifs is 3. The molecular weight excluding hydrogens is 576 g/mol. The van der Waals surface area contributed by atoms with E-state index in [-0.39, 0.29) is 50.7 Å². The number of hydrogen-bond donors (Lipinski definition) is 0. The molecule has 0 aliphatic rings. The monoisotopic (exact) mass is 595 g/mol. The molecule has 6 aromatic rings. The Morgan fingerprint density at radius 3 is 1.97 bits per heavy atom. The molecule has 1 nitrogen and oxygen atoms in total. The normalized spacial score (nSPS) is 9.87. The largest absolute Gasteiger partial charge is 4.00 e. The molecule has 0 unspecified atom stereocenters. The molecule has 0 bridgehead atoms. The molecule has 1 heterocycles. The zero-order chi connectivity index (χ0) is 18.1. The van der Waals surface area contributed by atoms with Crippen LogP contribution in [0.2, 0.25) is 0 Å². The first-order chi connectivity index (χ1) is 13.4. The van der Waals surface area contributed by atoms with Gasteiger partial charge in [0.05, 0.1) is 5.52 Å². The maximum Gasteiger partial charge on any atom is 4.00 e. The summed E-state index contributed by atoms with van der Waals surface area (Å²) >= 11 is 0. The van der Waals surface area contributed by atoms with Crippen molar-refractivity contribution in [2.24, 2.45) is 0 Å². The number of halogens is 2. The van der Waals surface area contributed by atoms with E-state index in [0.717, 1.165) is 0 Å². The van der Waals surface area contributed by atoms with Crippen molar-refractivity contribution in [3.8, 4) is 5.69 Å². The van der Waals surface area contributed by atoms with Crippen LogP contribution >= 0.6 is 0 Å². The number of rotatable bonds is 1. The van der Waals surface area contributed by atoms with E-state index in [2.05, 4.69) is 120 Å². The van der Waals surface area contributed by atoms with Crippen LogP contribution in [0.15, 0.2) is 115 Å². The van der Waals surface area contributed by atoms with Crippen LogP contribution in [0, 0.1) is 0 Å². The molecule has 0 aliphatic carbocycles. The van der Waals surface area contributed by atoms with Gasteiger partial charge < -0.3 is 29.4 Å². The van der Waals surface area contributed by atoms with Crippen molar-refractivity contribution in [3.63, 3.8) is 0 Å². The van der Waals surface area contributed by atoms with Gasteiger partial charge >= 0.3 is 25.8 Å². The number of hydrogen-bond acceptors (Lipinski definition) is 0. The van der Waals surface area contributed by atoms with Crippen LogP contribution < -0.4 is 24.8 Å². The van der Waals surface area contributed by atoms with Crippen molar-refractivity contribution in [2.75, 3.05) is 0 Å². The molecule has 4 heteroatoms. The molecular formula is C26H19Cl2HfN. The number of nitrogens with zero attached hydrogens (tertiary/aromatic N) is 1. The van der Waals surface area contributed by atoms with Gasteiger partial charge in [-0.15, -0.1) is 70.8 Å². The standard InChI is InChI=1S/C17H12N.C9H7.2ClH.Hf/c1-2-7-15-12-16(11-14(15)6-1)18-10-9-13-5-3-4-8-17(13)18;1-2-5-9-7-3-6-8(9)4-1;;;/h1-12H;1-7H;2*1H;/q2*-1;;;+4/p-2. The Morgan fingerprint density at radius 1 is 0.600 bits per heavy atom. The van der Waals surface area contributed by atoms with Gasteiger partial charge in [0.25, 0.3) is 0 Å². The molecule has 0 aliphatic heterocycles. The maximum atomic E-state index is 2.25. The first kappa shape index (κ1) is 24.1. The van der Waals surface area contributed by atoms with Gasteiger partial charge in [-0.25, -0.2) is 0 Å². The van der Waals surface area contributed by atoms with Gasteiger partial charge in [-0.2, -0.15) is 17.5 Å². The third kappa shape index (κ3) is 4.78. The first-order valence-corrected chi connectivity index (χ1v) is 9.21. The van der Waals surface area contributed by atoms with Crippen molar-refractivity contribution >= 4 is 32.4 Å². The minimum Gasteiger partial charge on any atom is -1.00 e. The van der Waals surface area contributed by atoms with E-state index in [9.17, 15) is 0 Å². The molecule has 0 spiro atoms. The Morgan fingerprint density at radius 2 is 1.23 bits per heavy atom. The van der Waals surface area contributed by atoms with E-state index in [1.807, 2.05) is 0 Å². The summed E-state index contributed by atoms with van der Waals surface area (Å²) in [4.78, 5) is 0. The van der Waals surface area contributed by atoms with Crippen LogP contribution in [0.4, 0.5) is 0 Å². The molecule has 0 amide bonds. The molecule has 0 saturated heterocycles. The SMILES string of the molecule is [Cl-].[Cl-].[Hf+4].c1ccc2[cH-]c(-n3ccc4ccccc43)cc2c1.c1ccc2[cH-]ccc2c1. The van der Waals surface area contributed by atoms with E-state index in [4.69, 9.17) is 0 Å². The molecule has 0 fully saturated rings. The van der Waals surface area contributed by atoms with Crippen molar-refractivity contribution in [2.45, 2.75) is 0 Å². The number of benzene rings is 3. The summed E-state index contributed by atoms with van der Waals surface area (Å²) in [5.41, 5.74) is 2.49. The Labute approximate surface area is 207 Å². The Kier molecular flexibility index (Phi) is 8.66. The molecule has 5 aromatic carbocycles. The Balaban J connectivity index is 0.000000230. The first-order valence-electron chi connectivity index (χ1n) is 9.21. The second-order valence-electron chi connectivity index (χ2n) is 6.74. The van der Waals surface area contributed by atoms with Crippen LogP contribution in [0.3, 0.4) is 0 Å². The summed E-state index contributed by atoms with van der Waals surface area (Å²) in [6.07, 6.45) is 2.14. The van der Waals surface area contributed by atoms with Crippen molar-refractivity contribution in [1.29, 1.82) is 0 Å². The minimum absolute atomic E-state index is 0. The molecule has 1 aromatic heterocycles. The van der Waals surface area contributed by atoms with Crippen molar-refractivity contribution < 1.29 is 50.7 Å². The average Bonchev–Trinajstić information content (AvgIpc) is 3.45. The van der Waals surface area contributed by atoms with Gasteiger partial charge in [0.2, 0.25) is 0 Å². The molecule has 0 N–H and O–H groups in total. The maximum absolute atomic E-state index is 2.25. The van der Waals surface area contributed by atoms with E-state index < -0.39 is 0 Å². The summed E-state index contributed by atoms with van der Waals surface area (Å²) in [6, 6.07) is 38.3. The summed E-state index contributed by atoms with van der Waals surface area (Å²) in [5, 5.41) is 6.54. The van der Waals surface area contributed by atoms with E-state index in [1.54, 1.807) is 0 Å². The van der Waals surface area contributed by atoms with Gasteiger partial charge in [0, 0.05) is 6.20 Å². The van der Waals surface area contributed by atoms with Crippen LogP contribution in [0.25, 0.3) is 38.1 Å². The number of para-hydroxylation sites is 1. The third-order valence-electron chi connectivity index (χ3n) is 5.03. The fourth-order valence-corrected chi connectivity index (χ4v) is 3.65. The zero-order valence-corrected chi connectivity index (χ0v) is 21.3. The summed E-state index contributed by atoms with van der Waals surface area (Å²) in [6.45, 7) is 0. The minimum atomic E-state index is 0.